The first-order valence-electron chi connectivity index (χ1n) is 17.8. The smallest absolute Gasteiger partial charge is 0.335 e. The van der Waals surface area contributed by atoms with E-state index >= 15 is 0 Å². The summed E-state index contributed by atoms with van der Waals surface area (Å²) in [6.07, 6.45) is 11.4. The highest BCUT2D eigenvalue weighted by Gasteiger charge is 2.20. The Morgan fingerprint density at radius 1 is 0.925 bits per heavy atom. The molecule has 1 unspecified atom stereocenters. The number of amides is 2. The summed E-state index contributed by atoms with van der Waals surface area (Å²) in [6, 6.07) is 23.2. The van der Waals surface area contributed by atoms with Crippen molar-refractivity contribution in [3.63, 3.8) is 0 Å². The molecular formula is C42H50Cl2N4O5. The van der Waals surface area contributed by atoms with Crippen LogP contribution in [0.3, 0.4) is 0 Å². The summed E-state index contributed by atoms with van der Waals surface area (Å²) >= 11 is 12.4. The quantitative estimate of drug-likeness (QED) is 0.0432. The zero-order chi connectivity index (χ0) is 38.4. The van der Waals surface area contributed by atoms with Crippen LogP contribution in [0.15, 0.2) is 119 Å². The van der Waals surface area contributed by atoms with Gasteiger partial charge in [0.1, 0.15) is 17.3 Å². The van der Waals surface area contributed by atoms with E-state index in [0.717, 1.165) is 41.9 Å². The van der Waals surface area contributed by atoms with Gasteiger partial charge in [0, 0.05) is 62.6 Å². The first-order valence-corrected chi connectivity index (χ1v) is 18.8. The van der Waals surface area contributed by atoms with Gasteiger partial charge in [0.2, 0.25) is 11.8 Å². The summed E-state index contributed by atoms with van der Waals surface area (Å²) in [5, 5.41) is 15.9. The average Bonchev–Trinajstić information content (AvgIpc) is 3.16. The van der Waals surface area contributed by atoms with E-state index in [1.165, 1.54) is 12.1 Å². The van der Waals surface area contributed by atoms with Crippen molar-refractivity contribution in [3.05, 3.63) is 131 Å². The van der Waals surface area contributed by atoms with Gasteiger partial charge in [-0.15, -0.1) is 11.6 Å². The van der Waals surface area contributed by atoms with Crippen LogP contribution in [0.2, 0.25) is 0 Å². The normalized spacial score (nSPS) is 12.7. The van der Waals surface area contributed by atoms with E-state index in [-0.39, 0.29) is 36.3 Å². The molecule has 282 valence electrons. The van der Waals surface area contributed by atoms with Crippen LogP contribution in [-0.4, -0.2) is 59.1 Å². The molecule has 53 heavy (non-hydrogen) atoms. The van der Waals surface area contributed by atoms with Crippen molar-refractivity contribution in [2.45, 2.75) is 71.4 Å². The Balaban J connectivity index is 1.74. The molecule has 1 atom stereocenters. The molecule has 0 heterocycles. The molecule has 0 aromatic heterocycles. The molecule has 11 heteroatoms. The third-order valence-electron chi connectivity index (χ3n) is 8.30. The Bertz CT molecular complexity index is 1720. The summed E-state index contributed by atoms with van der Waals surface area (Å²) in [7, 11) is 1.75. The van der Waals surface area contributed by atoms with Gasteiger partial charge in [0.15, 0.2) is 0 Å². The van der Waals surface area contributed by atoms with Crippen molar-refractivity contribution in [1.29, 1.82) is 0 Å². The van der Waals surface area contributed by atoms with Crippen LogP contribution in [0.4, 0.5) is 0 Å². The van der Waals surface area contributed by atoms with E-state index in [1.54, 1.807) is 25.3 Å². The number of halogens is 2. The van der Waals surface area contributed by atoms with Gasteiger partial charge in [-0.2, -0.15) is 0 Å². The van der Waals surface area contributed by atoms with Crippen LogP contribution < -0.4 is 15.4 Å². The zero-order valence-corrected chi connectivity index (χ0v) is 32.2. The number of ether oxygens (including phenoxy) is 1. The van der Waals surface area contributed by atoms with Crippen molar-refractivity contribution in [1.82, 2.24) is 15.5 Å². The number of hydrogen-bond donors (Lipinski definition) is 3. The van der Waals surface area contributed by atoms with E-state index in [9.17, 15) is 14.4 Å². The fraction of sp³-hybridized carbons (Fsp3) is 0.333. The molecule has 3 aromatic carbocycles. The molecule has 9 nitrogen and oxygen atoms in total. The monoisotopic (exact) mass is 760 g/mol. The Kier molecular flexibility index (Phi) is 19.0. The third-order valence-corrected chi connectivity index (χ3v) is 8.82. The van der Waals surface area contributed by atoms with E-state index in [4.69, 9.17) is 33.0 Å². The molecule has 0 aliphatic heterocycles. The van der Waals surface area contributed by atoms with Gasteiger partial charge in [0.05, 0.1) is 5.56 Å². The van der Waals surface area contributed by atoms with Crippen molar-refractivity contribution in [2.75, 3.05) is 19.5 Å². The SMILES string of the molecule is C/C=C(/C=C/N(CCCC)C(CC(Cc1ccc(Oc2ccc(C(=O)O)cc2)cc1)NC(=O)CCCC(=O)NCc1ccccc1)=NC)C(\Cl)=C/CCl. The number of carboxylic acids is 1. The van der Waals surface area contributed by atoms with Crippen LogP contribution in [0.25, 0.3) is 0 Å². The number of carboxylic acid groups (broad SMARTS) is 1. The minimum Gasteiger partial charge on any atom is -0.478 e. The number of amidine groups is 1. The molecule has 0 saturated heterocycles. The Labute approximate surface area is 323 Å². The van der Waals surface area contributed by atoms with Crippen LogP contribution in [-0.2, 0) is 22.6 Å². The number of carbonyl (C=O) groups excluding carboxylic acids is 2. The molecule has 0 aliphatic rings. The maximum absolute atomic E-state index is 13.3. The molecular weight excluding hydrogens is 711 g/mol. The third kappa shape index (κ3) is 15.7. The Morgan fingerprint density at radius 3 is 2.19 bits per heavy atom. The van der Waals surface area contributed by atoms with Gasteiger partial charge < -0.3 is 25.4 Å². The number of aromatic carboxylic acids is 1. The Morgan fingerprint density at radius 2 is 1.58 bits per heavy atom. The average molecular weight is 762 g/mol. The molecule has 2 amide bonds. The van der Waals surface area contributed by atoms with Crippen molar-refractivity contribution < 1.29 is 24.2 Å². The largest absolute Gasteiger partial charge is 0.478 e. The summed E-state index contributed by atoms with van der Waals surface area (Å²) in [4.78, 5) is 43.8. The predicted octanol–water partition coefficient (Wildman–Crippen LogP) is 9.03. The van der Waals surface area contributed by atoms with E-state index in [1.807, 2.05) is 79.9 Å². The molecule has 3 aromatic rings. The molecule has 3 N–H and O–H groups in total. The number of rotatable bonds is 21. The maximum Gasteiger partial charge on any atom is 0.335 e. The van der Waals surface area contributed by atoms with Crippen molar-refractivity contribution in [3.8, 4) is 11.5 Å². The number of unbranched alkanes of at least 4 members (excludes halogenated alkanes) is 1. The molecule has 0 spiro atoms. The molecule has 0 fully saturated rings. The van der Waals surface area contributed by atoms with Crippen molar-refractivity contribution in [2.24, 2.45) is 4.99 Å². The van der Waals surface area contributed by atoms with Gasteiger partial charge in [-0.3, -0.25) is 14.6 Å². The lowest BCUT2D eigenvalue weighted by Crippen LogP contribution is -2.41. The number of nitrogens with one attached hydrogen (secondary N) is 2. The number of carbonyl (C=O) groups is 3. The molecule has 0 saturated carbocycles. The highest BCUT2D eigenvalue weighted by Crippen LogP contribution is 2.23. The predicted molar refractivity (Wildman–Crippen MR) is 215 cm³/mol. The van der Waals surface area contributed by atoms with Crippen LogP contribution in [0.1, 0.15) is 73.9 Å². The highest BCUT2D eigenvalue weighted by atomic mass is 35.5. The molecule has 3 rings (SSSR count). The van der Waals surface area contributed by atoms with Gasteiger partial charge in [0.25, 0.3) is 0 Å². The zero-order valence-electron chi connectivity index (χ0n) is 30.7. The van der Waals surface area contributed by atoms with Gasteiger partial charge >= 0.3 is 5.97 Å². The molecule has 0 bridgehead atoms. The first kappa shape index (κ1) is 42.6. The molecule has 0 aliphatic carbocycles. The summed E-state index contributed by atoms with van der Waals surface area (Å²) in [5.41, 5.74) is 3.01. The molecule has 0 radical (unpaired) electrons. The van der Waals surface area contributed by atoms with Crippen LogP contribution in [0, 0.1) is 0 Å². The number of alkyl halides is 1. The van der Waals surface area contributed by atoms with Gasteiger partial charge in [-0.05, 0) is 85.4 Å². The summed E-state index contributed by atoms with van der Waals surface area (Å²) in [5.74, 6) is 0.978. The standard InChI is InChI=1S/C42H50Cl2N4O5/c1-4-6-26-48(27-24-33(5-2)38(44)23-25-43)39(45-3)29-35(47-41(50)14-10-13-40(49)46-30-32-11-8-7-9-12-32)28-31-15-19-36(20-16-31)53-37-21-17-34(18-22-37)42(51)52/h5,7-9,11-12,15-24,27,35H,4,6,10,13-14,25-26,28-30H2,1-3H3,(H,46,49)(H,47,50)(H,51,52)/b27-24+,33-5-,38-23+,45-39?. The lowest BCUT2D eigenvalue weighted by Gasteiger charge is -2.27. The van der Waals surface area contributed by atoms with Gasteiger partial charge in [-0.1, -0.05) is 79.6 Å². The fourth-order valence-corrected chi connectivity index (χ4v) is 5.88. The summed E-state index contributed by atoms with van der Waals surface area (Å²) in [6.45, 7) is 5.22. The van der Waals surface area contributed by atoms with Gasteiger partial charge in [-0.25, -0.2) is 4.79 Å². The van der Waals surface area contributed by atoms with E-state index < -0.39 is 5.97 Å². The number of hydrogen-bond acceptors (Lipinski definition) is 5. The lowest BCUT2D eigenvalue weighted by molar-refractivity contribution is -0.122. The number of allylic oxidation sites excluding steroid dienone is 5. The number of nitrogens with zero attached hydrogens (tertiary/aromatic N) is 2. The van der Waals surface area contributed by atoms with Crippen LogP contribution >= 0.6 is 23.2 Å². The highest BCUT2D eigenvalue weighted by molar-refractivity contribution is 6.33. The van der Waals surface area contributed by atoms with E-state index in [0.29, 0.717) is 48.2 Å². The first-order chi connectivity index (χ1) is 25.6. The van der Waals surface area contributed by atoms with Crippen LogP contribution in [0.5, 0.6) is 11.5 Å². The topological polar surface area (TPSA) is 120 Å². The second-order valence-electron chi connectivity index (χ2n) is 12.3. The Hall–Kier alpha value is -4.86. The summed E-state index contributed by atoms with van der Waals surface area (Å²) < 4.78 is 5.93. The second-order valence-corrected chi connectivity index (χ2v) is 13.0. The number of benzene rings is 3. The maximum atomic E-state index is 13.3. The lowest BCUT2D eigenvalue weighted by atomic mass is 10.0. The minimum atomic E-state index is -1.00. The van der Waals surface area contributed by atoms with Crippen molar-refractivity contribution >= 4 is 46.8 Å². The fourth-order valence-electron chi connectivity index (χ4n) is 5.39. The second kappa shape index (κ2) is 23.7. The minimum absolute atomic E-state index is 0.0985. The number of aliphatic imine (C=N–C) groups is 1. The van der Waals surface area contributed by atoms with E-state index in [2.05, 4.69) is 27.4 Å².